The van der Waals surface area contributed by atoms with Gasteiger partial charge in [-0.05, 0) is 34.7 Å². The number of halogens is 2. The molecule has 88 valence electrons. The second kappa shape index (κ2) is 5.31. The molecule has 0 amide bonds. The molecule has 0 radical (unpaired) electrons. The van der Waals surface area contributed by atoms with Crippen LogP contribution in [0.3, 0.4) is 0 Å². The van der Waals surface area contributed by atoms with Crippen LogP contribution < -0.4 is 5.32 Å². The predicted molar refractivity (Wildman–Crippen MR) is 74.9 cm³/mol. The highest BCUT2D eigenvalue weighted by molar-refractivity contribution is 14.1. The highest BCUT2D eigenvalue weighted by Crippen LogP contribution is 2.22. The number of nitrogens with zero attached hydrogens (tertiary/aromatic N) is 2. The molecule has 0 aliphatic rings. The zero-order chi connectivity index (χ0) is 12.3. The molecule has 1 heterocycles. The summed E-state index contributed by atoms with van der Waals surface area (Å²) < 4.78 is 15.9. The molecule has 1 aromatic heterocycles. The molecule has 0 aliphatic heterocycles. The molecule has 0 atom stereocenters. The molecule has 0 aliphatic carbocycles. The van der Waals surface area contributed by atoms with Crippen molar-refractivity contribution in [1.82, 2.24) is 9.55 Å². The smallest absolute Gasteiger partial charge is 0.207 e. The largest absolute Gasteiger partial charge is 0.352 e. The van der Waals surface area contributed by atoms with Gasteiger partial charge >= 0.3 is 0 Å². The highest BCUT2D eigenvalue weighted by atomic mass is 127. The maximum Gasteiger partial charge on any atom is 0.207 e. The Morgan fingerprint density at radius 3 is 3.12 bits per heavy atom. The molecule has 0 bridgehead atoms. The molecular weight excluding hydrogens is 332 g/mol. The first-order valence-corrected chi connectivity index (χ1v) is 6.14. The maximum absolute atomic E-state index is 13.5. The maximum atomic E-state index is 13.5. The SMILES string of the molecule is C=CCNc1nccn1-c1cccc(F)c1I. The Hall–Kier alpha value is -1.37. The summed E-state index contributed by atoms with van der Waals surface area (Å²) in [5.41, 5.74) is 0.773. The van der Waals surface area contributed by atoms with E-state index in [2.05, 4.69) is 16.9 Å². The molecule has 5 heteroatoms. The van der Waals surface area contributed by atoms with Gasteiger partial charge in [0, 0.05) is 18.9 Å². The second-order valence-electron chi connectivity index (χ2n) is 3.36. The fourth-order valence-corrected chi connectivity index (χ4v) is 2.09. The number of hydrogen-bond donors (Lipinski definition) is 1. The van der Waals surface area contributed by atoms with Crippen molar-refractivity contribution < 1.29 is 4.39 Å². The van der Waals surface area contributed by atoms with Crippen molar-refractivity contribution in [2.24, 2.45) is 0 Å². The van der Waals surface area contributed by atoms with E-state index in [1.54, 1.807) is 24.5 Å². The number of anilines is 1. The summed E-state index contributed by atoms with van der Waals surface area (Å²) in [7, 11) is 0. The van der Waals surface area contributed by atoms with Crippen molar-refractivity contribution in [3.63, 3.8) is 0 Å². The summed E-state index contributed by atoms with van der Waals surface area (Å²) in [4.78, 5) is 4.18. The quantitative estimate of drug-likeness (QED) is 0.683. The van der Waals surface area contributed by atoms with E-state index < -0.39 is 0 Å². The third kappa shape index (κ3) is 2.49. The van der Waals surface area contributed by atoms with Crippen molar-refractivity contribution in [2.45, 2.75) is 0 Å². The fraction of sp³-hybridized carbons (Fsp3) is 0.0833. The van der Waals surface area contributed by atoms with Gasteiger partial charge in [-0.15, -0.1) is 6.58 Å². The topological polar surface area (TPSA) is 29.9 Å². The van der Waals surface area contributed by atoms with Gasteiger partial charge in [0.2, 0.25) is 5.95 Å². The van der Waals surface area contributed by atoms with Crippen molar-refractivity contribution in [2.75, 3.05) is 11.9 Å². The van der Waals surface area contributed by atoms with Gasteiger partial charge in [-0.25, -0.2) is 9.37 Å². The van der Waals surface area contributed by atoms with Crippen molar-refractivity contribution in [3.05, 3.63) is 52.6 Å². The van der Waals surface area contributed by atoms with E-state index in [0.717, 1.165) is 5.69 Å². The Kier molecular flexibility index (Phi) is 3.78. The molecule has 1 aromatic carbocycles. The fourth-order valence-electron chi connectivity index (χ4n) is 1.47. The van der Waals surface area contributed by atoms with Crippen LogP contribution in [0.2, 0.25) is 0 Å². The lowest BCUT2D eigenvalue weighted by molar-refractivity contribution is 0.619. The van der Waals surface area contributed by atoms with Gasteiger partial charge in [0.05, 0.1) is 9.26 Å². The van der Waals surface area contributed by atoms with E-state index >= 15 is 0 Å². The van der Waals surface area contributed by atoms with Gasteiger partial charge in [0.25, 0.3) is 0 Å². The first kappa shape index (κ1) is 12.1. The number of aromatic nitrogens is 2. The first-order chi connectivity index (χ1) is 8.24. The van der Waals surface area contributed by atoms with Crippen LogP contribution in [0, 0.1) is 9.39 Å². The minimum atomic E-state index is -0.230. The summed E-state index contributed by atoms with van der Waals surface area (Å²) >= 11 is 1.99. The number of rotatable bonds is 4. The van der Waals surface area contributed by atoms with Crippen LogP contribution >= 0.6 is 22.6 Å². The van der Waals surface area contributed by atoms with Crippen molar-refractivity contribution in [3.8, 4) is 5.69 Å². The first-order valence-electron chi connectivity index (χ1n) is 5.06. The molecule has 0 unspecified atom stereocenters. The Balaban J connectivity index is 2.42. The predicted octanol–water partition coefficient (Wildman–Crippen LogP) is 3.21. The molecule has 0 saturated heterocycles. The van der Waals surface area contributed by atoms with Crippen LogP contribution in [0.15, 0.2) is 43.2 Å². The van der Waals surface area contributed by atoms with Gasteiger partial charge in [0.1, 0.15) is 5.82 Å². The average Bonchev–Trinajstić information content (AvgIpc) is 2.78. The lowest BCUT2D eigenvalue weighted by atomic mass is 10.3. The summed E-state index contributed by atoms with van der Waals surface area (Å²) in [6, 6.07) is 4.98. The van der Waals surface area contributed by atoms with E-state index in [4.69, 9.17) is 0 Å². The molecular formula is C12H11FIN3. The molecule has 1 N–H and O–H groups in total. The summed E-state index contributed by atoms with van der Waals surface area (Å²) in [5.74, 6) is 0.444. The average molecular weight is 343 g/mol. The van der Waals surface area contributed by atoms with Crippen molar-refractivity contribution >= 4 is 28.5 Å². The lowest BCUT2D eigenvalue weighted by Crippen LogP contribution is -2.07. The second-order valence-corrected chi connectivity index (χ2v) is 4.44. The summed E-state index contributed by atoms with van der Waals surface area (Å²) in [6.45, 7) is 4.25. The van der Waals surface area contributed by atoms with Gasteiger partial charge in [0.15, 0.2) is 0 Å². The van der Waals surface area contributed by atoms with Crippen LogP contribution in [0.1, 0.15) is 0 Å². The number of hydrogen-bond acceptors (Lipinski definition) is 2. The van der Waals surface area contributed by atoms with Crippen LogP contribution in [-0.2, 0) is 0 Å². The summed E-state index contributed by atoms with van der Waals surface area (Å²) in [5, 5.41) is 3.10. The highest BCUT2D eigenvalue weighted by Gasteiger charge is 2.10. The number of nitrogens with one attached hydrogen (secondary N) is 1. The zero-order valence-electron chi connectivity index (χ0n) is 9.03. The minimum Gasteiger partial charge on any atom is -0.352 e. The number of imidazole rings is 1. The molecule has 17 heavy (non-hydrogen) atoms. The number of benzene rings is 1. The molecule has 2 aromatic rings. The minimum absolute atomic E-state index is 0.230. The van der Waals surface area contributed by atoms with Crippen LogP contribution in [0.5, 0.6) is 0 Å². The monoisotopic (exact) mass is 343 g/mol. The van der Waals surface area contributed by atoms with Gasteiger partial charge in [-0.2, -0.15) is 0 Å². The van der Waals surface area contributed by atoms with E-state index in [1.165, 1.54) is 6.07 Å². The molecule has 3 nitrogen and oxygen atoms in total. The Morgan fingerprint density at radius 1 is 1.53 bits per heavy atom. The van der Waals surface area contributed by atoms with E-state index in [9.17, 15) is 4.39 Å². The van der Waals surface area contributed by atoms with Gasteiger partial charge in [-0.3, -0.25) is 4.57 Å². The van der Waals surface area contributed by atoms with Crippen LogP contribution in [0.25, 0.3) is 5.69 Å². The van der Waals surface area contributed by atoms with Crippen molar-refractivity contribution in [1.29, 1.82) is 0 Å². The molecule has 0 saturated carbocycles. The molecule has 2 rings (SSSR count). The normalized spacial score (nSPS) is 10.2. The van der Waals surface area contributed by atoms with Gasteiger partial charge < -0.3 is 5.32 Å². The molecule has 0 fully saturated rings. The zero-order valence-corrected chi connectivity index (χ0v) is 11.2. The van der Waals surface area contributed by atoms with E-state index in [-0.39, 0.29) is 5.82 Å². The Morgan fingerprint density at radius 2 is 2.35 bits per heavy atom. The lowest BCUT2D eigenvalue weighted by Gasteiger charge is -2.10. The summed E-state index contributed by atoms with van der Waals surface area (Å²) in [6.07, 6.45) is 5.21. The Bertz CT molecular complexity index is 536. The van der Waals surface area contributed by atoms with Crippen LogP contribution in [-0.4, -0.2) is 16.1 Å². The van der Waals surface area contributed by atoms with E-state index in [1.807, 2.05) is 33.2 Å². The van der Waals surface area contributed by atoms with Crippen LogP contribution in [0.4, 0.5) is 10.3 Å². The standard InChI is InChI=1S/C12H11FIN3/c1-2-6-15-12-16-7-8-17(12)10-5-3-4-9(13)11(10)14/h2-5,7-8H,1,6H2,(H,15,16). The third-order valence-electron chi connectivity index (χ3n) is 2.24. The third-order valence-corrected chi connectivity index (χ3v) is 3.30. The molecule has 0 spiro atoms. The van der Waals surface area contributed by atoms with Gasteiger partial charge in [-0.1, -0.05) is 12.1 Å². The van der Waals surface area contributed by atoms with E-state index in [0.29, 0.717) is 16.1 Å². The Labute approximate surface area is 113 Å².